The number of aliphatic hydroxyl groups is 1. The molecule has 186 valence electrons. The fourth-order valence-electron chi connectivity index (χ4n) is 3.46. The lowest BCUT2D eigenvalue weighted by atomic mass is 10.1. The zero-order chi connectivity index (χ0) is 26.2. The van der Waals surface area contributed by atoms with Gasteiger partial charge in [0, 0.05) is 18.6 Å². The van der Waals surface area contributed by atoms with Crippen molar-refractivity contribution in [3.63, 3.8) is 0 Å². The van der Waals surface area contributed by atoms with Crippen molar-refractivity contribution >= 4 is 11.6 Å². The highest BCUT2D eigenvalue weighted by Gasteiger charge is 2.22. The van der Waals surface area contributed by atoms with Crippen LogP contribution in [0.15, 0.2) is 41.6 Å². The largest absolute Gasteiger partial charge is 0.470 e. The highest BCUT2D eigenvalue weighted by molar-refractivity contribution is 6.31. The van der Waals surface area contributed by atoms with Gasteiger partial charge >= 0.3 is 0 Å². The van der Waals surface area contributed by atoms with Crippen LogP contribution in [0, 0.1) is 26.6 Å². The van der Waals surface area contributed by atoms with E-state index in [1.807, 2.05) is 0 Å². The molecule has 0 aliphatic rings. The second-order valence-electron chi connectivity index (χ2n) is 8.83. The summed E-state index contributed by atoms with van der Waals surface area (Å²) in [5.41, 5.74) is 1.09. The summed E-state index contributed by atoms with van der Waals surface area (Å²) in [6, 6.07) is 4.69. The average molecular weight is 511 g/mol. The molecule has 0 fully saturated rings. The Bertz CT molecular complexity index is 1520. The van der Waals surface area contributed by atoms with Gasteiger partial charge in [-0.25, -0.2) is 14.4 Å². The normalized spacial score (nSPS) is 11.6. The maximum Gasteiger partial charge on any atom is 0.280 e. The van der Waals surface area contributed by atoms with Crippen LogP contribution in [0.25, 0.3) is 17.1 Å². The summed E-state index contributed by atoms with van der Waals surface area (Å²) >= 11 is 6.33. The molecule has 4 heterocycles. The van der Waals surface area contributed by atoms with Gasteiger partial charge in [-0.1, -0.05) is 11.6 Å². The second kappa shape index (κ2) is 9.71. The van der Waals surface area contributed by atoms with E-state index in [9.17, 15) is 14.3 Å². The van der Waals surface area contributed by atoms with E-state index in [1.54, 1.807) is 52.9 Å². The first kappa shape index (κ1) is 25.3. The van der Waals surface area contributed by atoms with Gasteiger partial charge in [0.2, 0.25) is 5.88 Å². The summed E-state index contributed by atoms with van der Waals surface area (Å²) in [7, 11) is 0. The molecule has 0 aliphatic heterocycles. The Balaban J connectivity index is 1.72. The van der Waals surface area contributed by atoms with Crippen molar-refractivity contribution in [2.75, 3.05) is 0 Å². The Labute approximate surface area is 211 Å². The minimum Gasteiger partial charge on any atom is -0.470 e. The van der Waals surface area contributed by atoms with Gasteiger partial charge in [0.25, 0.3) is 5.56 Å². The molecule has 0 aromatic carbocycles. The van der Waals surface area contributed by atoms with Crippen LogP contribution in [-0.4, -0.2) is 34.6 Å². The van der Waals surface area contributed by atoms with Crippen LogP contribution in [0.3, 0.4) is 0 Å². The van der Waals surface area contributed by atoms with E-state index in [0.29, 0.717) is 34.0 Å². The Morgan fingerprint density at radius 1 is 1.08 bits per heavy atom. The van der Waals surface area contributed by atoms with Crippen molar-refractivity contribution in [1.29, 1.82) is 0 Å². The highest BCUT2D eigenvalue weighted by atomic mass is 35.5. The molecule has 0 saturated carbocycles. The van der Waals surface area contributed by atoms with Crippen LogP contribution < -0.4 is 10.3 Å². The molecule has 0 aliphatic carbocycles. The lowest BCUT2D eigenvalue weighted by molar-refractivity contribution is 0.0688. The SMILES string of the molecule is Cc1cnc(COc2nc(C)n(-c3cc(-c4ccnc(C(C)(C)O)n4)ncc3C)c(=O)c2Cl)c(F)c1. The average Bonchev–Trinajstić information content (AvgIpc) is 2.82. The van der Waals surface area contributed by atoms with E-state index in [2.05, 4.69) is 24.9 Å². The molecule has 11 heteroatoms. The maximum absolute atomic E-state index is 14.1. The molecule has 0 spiro atoms. The summed E-state index contributed by atoms with van der Waals surface area (Å²) in [4.78, 5) is 34.6. The van der Waals surface area contributed by atoms with Crippen LogP contribution in [0.1, 0.15) is 42.3 Å². The van der Waals surface area contributed by atoms with E-state index in [0.717, 1.165) is 0 Å². The van der Waals surface area contributed by atoms with E-state index in [-0.39, 0.29) is 29.0 Å². The summed E-state index contributed by atoms with van der Waals surface area (Å²) in [6.45, 7) is 8.09. The molecule has 0 unspecified atom stereocenters. The number of hydrogen-bond acceptors (Lipinski definition) is 8. The Kier molecular flexibility index (Phi) is 6.83. The first-order chi connectivity index (χ1) is 17.0. The monoisotopic (exact) mass is 510 g/mol. The molecule has 36 heavy (non-hydrogen) atoms. The van der Waals surface area contributed by atoms with E-state index in [1.165, 1.54) is 23.0 Å². The van der Waals surface area contributed by atoms with Gasteiger partial charge in [-0.15, -0.1) is 0 Å². The van der Waals surface area contributed by atoms with E-state index in [4.69, 9.17) is 16.3 Å². The molecule has 0 atom stereocenters. The number of aryl methyl sites for hydroxylation is 3. The fraction of sp³-hybridized carbons (Fsp3) is 0.280. The molecule has 0 amide bonds. The molecule has 0 radical (unpaired) electrons. The lowest BCUT2D eigenvalue weighted by Gasteiger charge is -2.17. The van der Waals surface area contributed by atoms with Crippen LogP contribution in [0.5, 0.6) is 5.88 Å². The molecular formula is C25H24ClFN6O3. The zero-order valence-corrected chi connectivity index (χ0v) is 21.1. The van der Waals surface area contributed by atoms with Crippen LogP contribution in [0.2, 0.25) is 5.02 Å². The summed E-state index contributed by atoms with van der Waals surface area (Å²) in [6.07, 6.45) is 4.66. The molecule has 0 bridgehead atoms. The van der Waals surface area contributed by atoms with Crippen molar-refractivity contribution in [1.82, 2.24) is 29.5 Å². The van der Waals surface area contributed by atoms with Crippen molar-refractivity contribution in [3.8, 4) is 23.0 Å². The molecule has 9 nitrogen and oxygen atoms in total. The van der Waals surface area contributed by atoms with Crippen molar-refractivity contribution in [2.45, 2.75) is 46.8 Å². The summed E-state index contributed by atoms with van der Waals surface area (Å²) in [5, 5.41) is 10.0. The smallest absolute Gasteiger partial charge is 0.280 e. The molecule has 1 N–H and O–H groups in total. The van der Waals surface area contributed by atoms with E-state index < -0.39 is 17.0 Å². The predicted molar refractivity (Wildman–Crippen MR) is 132 cm³/mol. The number of ether oxygens (including phenoxy) is 1. The van der Waals surface area contributed by atoms with Crippen LogP contribution in [-0.2, 0) is 12.2 Å². The van der Waals surface area contributed by atoms with Gasteiger partial charge in [-0.05, 0) is 63.9 Å². The first-order valence-electron chi connectivity index (χ1n) is 11.0. The second-order valence-corrected chi connectivity index (χ2v) is 9.21. The first-order valence-corrected chi connectivity index (χ1v) is 11.4. The quantitative estimate of drug-likeness (QED) is 0.413. The number of halogens is 2. The molecule has 4 aromatic rings. The maximum atomic E-state index is 14.1. The topological polar surface area (TPSA) is 116 Å². The third-order valence-corrected chi connectivity index (χ3v) is 5.67. The molecule has 4 aromatic heterocycles. The Morgan fingerprint density at radius 2 is 1.83 bits per heavy atom. The van der Waals surface area contributed by atoms with Crippen molar-refractivity contribution in [2.24, 2.45) is 0 Å². The summed E-state index contributed by atoms with van der Waals surface area (Å²) in [5.74, 6) is -0.0943. The van der Waals surface area contributed by atoms with Gasteiger partial charge in [-0.2, -0.15) is 4.98 Å². The van der Waals surface area contributed by atoms with Crippen molar-refractivity contribution in [3.05, 3.63) is 86.5 Å². The van der Waals surface area contributed by atoms with Crippen LogP contribution >= 0.6 is 11.6 Å². The zero-order valence-electron chi connectivity index (χ0n) is 20.4. The standard InChI is InChI=1S/C25H24ClFN6O3/c1-13-8-16(27)19(29-10-13)12-36-22-21(26)23(34)33(15(3)31-22)20-9-18(30-11-14(20)2)17-6-7-28-24(32-17)25(4,5)35/h6-11,35H,12H2,1-5H3. The fourth-order valence-corrected chi connectivity index (χ4v) is 3.64. The van der Waals surface area contributed by atoms with Gasteiger partial charge in [0.05, 0.1) is 17.1 Å². The minimum absolute atomic E-state index is 0.0743. The van der Waals surface area contributed by atoms with Crippen molar-refractivity contribution < 1.29 is 14.2 Å². The number of pyridine rings is 2. The van der Waals surface area contributed by atoms with Crippen LogP contribution in [0.4, 0.5) is 4.39 Å². The number of rotatable bonds is 6. The third-order valence-electron chi connectivity index (χ3n) is 5.35. The number of hydrogen-bond donors (Lipinski definition) is 1. The van der Waals surface area contributed by atoms with Gasteiger partial charge in [0.15, 0.2) is 10.8 Å². The van der Waals surface area contributed by atoms with Gasteiger partial charge in [-0.3, -0.25) is 19.3 Å². The number of nitrogens with zero attached hydrogens (tertiary/aromatic N) is 6. The van der Waals surface area contributed by atoms with Gasteiger partial charge < -0.3 is 9.84 Å². The van der Waals surface area contributed by atoms with E-state index >= 15 is 0 Å². The highest BCUT2D eigenvalue weighted by Crippen LogP contribution is 2.25. The molecular weight excluding hydrogens is 487 g/mol. The predicted octanol–water partition coefficient (Wildman–Crippen LogP) is 4.00. The lowest BCUT2D eigenvalue weighted by Crippen LogP contribution is -2.24. The summed E-state index contributed by atoms with van der Waals surface area (Å²) < 4.78 is 21.0. The minimum atomic E-state index is -1.23. The van der Waals surface area contributed by atoms with Gasteiger partial charge in [0.1, 0.15) is 29.5 Å². The number of aromatic nitrogens is 6. The molecule has 0 saturated heterocycles. The third kappa shape index (κ3) is 5.09. The Hall–Kier alpha value is -3.76. The molecule has 4 rings (SSSR count). The Morgan fingerprint density at radius 3 is 2.53 bits per heavy atom.